The minimum Gasteiger partial charge on any atom is -0.386 e. The molecule has 3 rings (SSSR count). The summed E-state index contributed by atoms with van der Waals surface area (Å²) in [5, 5.41) is 20.4. The van der Waals surface area contributed by atoms with Gasteiger partial charge in [0.25, 0.3) is 5.91 Å². The topological polar surface area (TPSA) is 104 Å². The van der Waals surface area contributed by atoms with Crippen LogP contribution >= 0.6 is 0 Å². The first-order valence-corrected chi connectivity index (χ1v) is 10.3. The number of rotatable bonds is 9. The maximum Gasteiger partial charge on any atom is 0.416 e. The second-order valence-corrected chi connectivity index (χ2v) is 7.84. The molecule has 9 heteroatoms. The fourth-order valence-electron chi connectivity index (χ4n) is 4.54. The van der Waals surface area contributed by atoms with Gasteiger partial charge in [-0.1, -0.05) is 44.9 Å². The first kappa shape index (κ1) is 23.1. The third kappa shape index (κ3) is 3.10. The molecule has 6 nitrogen and oxygen atoms in total. The van der Waals surface area contributed by atoms with Crippen LogP contribution in [-0.4, -0.2) is 25.0 Å². The van der Waals surface area contributed by atoms with Crippen molar-refractivity contribution in [1.29, 1.82) is 10.5 Å². The minimum atomic E-state index is -4.67. The van der Waals surface area contributed by atoms with Gasteiger partial charge in [0, 0.05) is 5.92 Å². The van der Waals surface area contributed by atoms with Crippen molar-refractivity contribution in [3.8, 4) is 12.1 Å². The zero-order chi connectivity index (χ0) is 22.9. The summed E-state index contributed by atoms with van der Waals surface area (Å²) in [5.74, 6) is -3.35. The molecule has 0 amide bonds. The lowest BCUT2D eigenvalue weighted by Crippen LogP contribution is -2.44. The van der Waals surface area contributed by atoms with Gasteiger partial charge >= 0.3 is 6.18 Å². The Bertz CT molecular complexity index is 939. The molecule has 0 aromatic heterocycles. The summed E-state index contributed by atoms with van der Waals surface area (Å²) in [6.45, 7) is 4.22. The average Bonchev–Trinajstić information content (AvgIpc) is 3.32. The van der Waals surface area contributed by atoms with Crippen LogP contribution in [0.3, 0.4) is 0 Å². The van der Waals surface area contributed by atoms with Crippen LogP contribution in [0.2, 0.25) is 0 Å². The molecule has 1 aromatic carbocycles. The van der Waals surface area contributed by atoms with E-state index in [1.807, 2.05) is 19.9 Å². The Morgan fingerprint density at radius 1 is 1.06 bits per heavy atom. The number of hydrogen-bond acceptors (Lipinski definition) is 6. The van der Waals surface area contributed by atoms with E-state index in [4.69, 9.17) is 15.2 Å². The van der Waals surface area contributed by atoms with Crippen molar-refractivity contribution < 1.29 is 22.6 Å². The molecular formula is C22H25F3N4O2. The molecule has 1 aliphatic carbocycles. The van der Waals surface area contributed by atoms with Gasteiger partial charge in [-0.2, -0.15) is 23.7 Å². The molecule has 1 fully saturated rings. The van der Waals surface area contributed by atoms with E-state index in [-0.39, 0.29) is 24.6 Å². The second kappa shape index (κ2) is 8.14. The predicted octanol–water partition coefficient (Wildman–Crippen LogP) is 4.48. The smallest absolute Gasteiger partial charge is 0.386 e. The van der Waals surface area contributed by atoms with E-state index in [1.54, 1.807) is 0 Å². The predicted molar refractivity (Wildman–Crippen MR) is 106 cm³/mol. The molecule has 2 aliphatic rings. The molecule has 1 aromatic rings. The van der Waals surface area contributed by atoms with E-state index in [9.17, 15) is 23.7 Å². The number of halogens is 3. The zero-order valence-corrected chi connectivity index (χ0v) is 17.5. The highest BCUT2D eigenvalue weighted by atomic mass is 19.4. The van der Waals surface area contributed by atoms with E-state index in [2.05, 4.69) is 11.1 Å². The molecule has 3 atom stereocenters. The molecule has 1 heterocycles. The van der Waals surface area contributed by atoms with Gasteiger partial charge in [0.1, 0.15) is 11.3 Å². The van der Waals surface area contributed by atoms with E-state index in [0.717, 1.165) is 18.9 Å². The monoisotopic (exact) mass is 434 g/mol. The van der Waals surface area contributed by atoms with Crippen molar-refractivity contribution in [3.05, 3.63) is 35.4 Å². The number of fused-ring (bicyclic) bond motifs is 1. The highest BCUT2D eigenvalue weighted by Gasteiger charge is 2.94. The van der Waals surface area contributed by atoms with Crippen LogP contribution in [-0.2, 0) is 15.7 Å². The summed E-state index contributed by atoms with van der Waals surface area (Å²) in [4.78, 5) is 4.27. The molecule has 31 heavy (non-hydrogen) atoms. The number of nitrogens with zero attached hydrogens (tertiary/aromatic N) is 3. The van der Waals surface area contributed by atoms with Gasteiger partial charge in [-0.3, -0.25) is 0 Å². The molecule has 0 spiro atoms. The van der Waals surface area contributed by atoms with Gasteiger partial charge in [-0.15, -0.1) is 0 Å². The normalized spacial score (nSPS) is 28.4. The fourth-order valence-corrected chi connectivity index (χ4v) is 4.54. The number of amidine groups is 1. The van der Waals surface area contributed by atoms with Gasteiger partial charge in [0.05, 0.1) is 30.9 Å². The lowest BCUT2D eigenvalue weighted by atomic mass is 9.92. The van der Waals surface area contributed by atoms with Crippen LogP contribution in [0.5, 0.6) is 0 Å². The number of alkyl halides is 3. The third-order valence-corrected chi connectivity index (χ3v) is 6.10. The summed E-state index contributed by atoms with van der Waals surface area (Å²) in [6.07, 6.45) is -1.85. The fraction of sp³-hybridized carbons (Fsp3) is 0.591. The number of ether oxygens (including phenoxy) is 2. The SMILES string of the molecule is CCCCOC1(OCCCC)N=C(N)C2(C#N)C(c3ccccc3C(F)(F)F)C12C#N. The number of aliphatic imine (C=N–C) groups is 1. The van der Waals surface area contributed by atoms with Crippen LogP contribution in [0.15, 0.2) is 29.3 Å². The van der Waals surface area contributed by atoms with Crippen LogP contribution in [0.25, 0.3) is 0 Å². The maximum absolute atomic E-state index is 13.8. The van der Waals surface area contributed by atoms with Crippen molar-refractivity contribution in [2.75, 3.05) is 13.2 Å². The molecule has 1 aliphatic heterocycles. The minimum absolute atomic E-state index is 0.165. The molecule has 0 radical (unpaired) electrons. The summed E-state index contributed by atoms with van der Waals surface area (Å²) < 4.78 is 53.2. The van der Waals surface area contributed by atoms with E-state index >= 15 is 0 Å². The first-order valence-electron chi connectivity index (χ1n) is 10.3. The van der Waals surface area contributed by atoms with Gasteiger partial charge in [-0.05, 0) is 24.5 Å². The summed E-state index contributed by atoms with van der Waals surface area (Å²) in [6, 6.07) is 9.01. The number of nitriles is 2. The Morgan fingerprint density at radius 3 is 2.13 bits per heavy atom. The Morgan fingerprint density at radius 2 is 1.65 bits per heavy atom. The molecular weight excluding hydrogens is 409 g/mol. The Balaban J connectivity index is 2.18. The summed E-state index contributed by atoms with van der Waals surface area (Å²) in [5.41, 5.74) is 1.46. The van der Waals surface area contributed by atoms with Crippen molar-refractivity contribution >= 4 is 5.84 Å². The summed E-state index contributed by atoms with van der Waals surface area (Å²) >= 11 is 0. The molecule has 2 N–H and O–H groups in total. The third-order valence-electron chi connectivity index (χ3n) is 6.10. The van der Waals surface area contributed by atoms with E-state index in [0.29, 0.717) is 12.8 Å². The Hall–Kier alpha value is -2.62. The Kier molecular flexibility index (Phi) is 6.05. The zero-order valence-electron chi connectivity index (χ0n) is 17.5. The number of nitrogens with two attached hydrogens (primary N) is 1. The largest absolute Gasteiger partial charge is 0.416 e. The van der Waals surface area contributed by atoms with Gasteiger partial charge in [0.15, 0.2) is 5.41 Å². The van der Waals surface area contributed by atoms with Crippen molar-refractivity contribution in [1.82, 2.24) is 0 Å². The van der Waals surface area contributed by atoms with E-state index < -0.39 is 34.4 Å². The lowest BCUT2D eigenvalue weighted by molar-refractivity contribution is -0.260. The lowest BCUT2D eigenvalue weighted by Gasteiger charge is -2.33. The Labute approximate surface area is 179 Å². The van der Waals surface area contributed by atoms with E-state index in [1.165, 1.54) is 18.2 Å². The van der Waals surface area contributed by atoms with Crippen LogP contribution < -0.4 is 5.73 Å². The van der Waals surface area contributed by atoms with Gasteiger partial charge in [-0.25, -0.2) is 4.99 Å². The second-order valence-electron chi connectivity index (χ2n) is 7.84. The van der Waals surface area contributed by atoms with Gasteiger partial charge in [0.2, 0.25) is 0 Å². The number of benzene rings is 1. The molecule has 1 saturated carbocycles. The maximum atomic E-state index is 13.8. The molecule has 166 valence electrons. The quantitative estimate of drug-likeness (QED) is 0.456. The van der Waals surface area contributed by atoms with Crippen molar-refractivity contribution in [2.24, 2.45) is 21.6 Å². The van der Waals surface area contributed by atoms with Crippen molar-refractivity contribution in [3.63, 3.8) is 0 Å². The van der Waals surface area contributed by atoms with Crippen LogP contribution in [0, 0.1) is 33.5 Å². The van der Waals surface area contributed by atoms with Crippen molar-refractivity contribution in [2.45, 2.75) is 57.5 Å². The van der Waals surface area contributed by atoms with Gasteiger partial charge < -0.3 is 15.2 Å². The molecule has 0 bridgehead atoms. The van der Waals surface area contributed by atoms with Crippen LogP contribution in [0.4, 0.5) is 13.2 Å². The highest BCUT2D eigenvalue weighted by Crippen LogP contribution is 2.82. The number of hydrogen-bond donors (Lipinski definition) is 1. The average molecular weight is 434 g/mol. The standard InChI is InChI=1S/C22H25F3N4O2/c1-3-5-11-30-22(31-12-6-4-2)20(14-27)17(19(20,13-26)18(28)29-22)15-9-7-8-10-16(15)21(23,24)25/h7-10,17H,3-6,11-12H2,1-2H3,(H2,28,29). The summed E-state index contributed by atoms with van der Waals surface area (Å²) in [7, 11) is 0. The number of unbranched alkanes of at least 4 members (excludes halogenated alkanes) is 2. The first-order chi connectivity index (χ1) is 14.7. The van der Waals surface area contributed by atoms with Crippen LogP contribution in [0.1, 0.15) is 56.6 Å². The molecule has 3 unspecified atom stereocenters. The highest BCUT2D eigenvalue weighted by molar-refractivity contribution is 6.00. The molecule has 0 saturated heterocycles.